The molecule has 2 unspecified atom stereocenters. The van der Waals surface area contributed by atoms with Crippen molar-refractivity contribution in [3.63, 3.8) is 0 Å². The maximum Gasteiger partial charge on any atom is 0.238 e. The van der Waals surface area contributed by atoms with E-state index < -0.39 is 15.1 Å². The van der Waals surface area contributed by atoms with Gasteiger partial charge in [0.2, 0.25) is 5.91 Å². The lowest BCUT2D eigenvalue weighted by atomic mass is 10.0. The topological polar surface area (TPSA) is 63.2 Å². The van der Waals surface area contributed by atoms with Crippen molar-refractivity contribution in [2.24, 2.45) is 5.92 Å². The molecule has 0 saturated carbocycles. The fourth-order valence-electron chi connectivity index (χ4n) is 2.21. The molecule has 0 radical (unpaired) electrons. The van der Waals surface area contributed by atoms with Crippen LogP contribution in [0.4, 0.5) is 0 Å². The first kappa shape index (κ1) is 16.0. The number of alkyl halides is 1. The molecular weight excluding hydrogens is 318 g/mol. The molecule has 1 aliphatic rings. The summed E-state index contributed by atoms with van der Waals surface area (Å²) in [7, 11) is -3.23. The summed E-state index contributed by atoms with van der Waals surface area (Å²) >= 11 is 3.36. The first-order valence-corrected chi connectivity index (χ1v) is 9.30. The molecule has 1 amide bonds. The summed E-state index contributed by atoms with van der Waals surface area (Å²) in [6.45, 7) is 4.06. The van der Waals surface area contributed by atoms with Crippen LogP contribution in [0.1, 0.15) is 39.5 Å². The summed E-state index contributed by atoms with van der Waals surface area (Å²) in [6, 6.07) is 0.0361. The van der Waals surface area contributed by atoms with Gasteiger partial charge in [-0.2, -0.15) is 0 Å². The lowest BCUT2D eigenvalue weighted by Crippen LogP contribution is -2.48. The minimum Gasteiger partial charge on any atom is -0.352 e. The second-order valence-corrected chi connectivity index (χ2v) is 8.28. The van der Waals surface area contributed by atoms with Crippen LogP contribution in [0.5, 0.6) is 0 Å². The Morgan fingerprint density at radius 2 is 2.06 bits per heavy atom. The van der Waals surface area contributed by atoms with Gasteiger partial charge in [0.1, 0.15) is 5.25 Å². The van der Waals surface area contributed by atoms with E-state index >= 15 is 0 Å². The largest absolute Gasteiger partial charge is 0.352 e. The number of hydrogen-bond donors (Lipinski definition) is 1. The Balaban J connectivity index is 2.68. The number of sulfone groups is 1. The molecule has 6 heteroatoms. The van der Waals surface area contributed by atoms with E-state index in [0.717, 1.165) is 18.2 Å². The highest BCUT2D eigenvalue weighted by Crippen LogP contribution is 2.20. The van der Waals surface area contributed by atoms with Gasteiger partial charge in [0.05, 0.1) is 5.75 Å². The van der Waals surface area contributed by atoms with E-state index in [2.05, 4.69) is 21.2 Å². The van der Waals surface area contributed by atoms with Crippen molar-refractivity contribution in [1.29, 1.82) is 0 Å². The van der Waals surface area contributed by atoms with Crippen LogP contribution in [0.2, 0.25) is 0 Å². The summed E-state index contributed by atoms with van der Waals surface area (Å²) < 4.78 is 23.7. The van der Waals surface area contributed by atoms with E-state index in [4.69, 9.17) is 0 Å². The van der Waals surface area contributed by atoms with E-state index in [1.807, 2.05) is 13.8 Å². The predicted octanol–water partition coefficient (Wildman–Crippen LogP) is 1.88. The van der Waals surface area contributed by atoms with Crippen molar-refractivity contribution in [1.82, 2.24) is 5.32 Å². The Kier molecular flexibility index (Phi) is 6.11. The Bertz CT molecular complexity index is 381. The van der Waals surface area contributed by atoms with Gasteiger partial charge in [-0.25, -0.2) is 8.42 Å². The molecule has 0 aromatic heterocycles. The normalized spacial score (nSPS) is 24.8. The second-order valence-electron chi connectivity index (χ2n) is 5.19. The maximum atomic E-state index is 12.1. The summed E-state index contributed by atoms with van der Waals surface area (Å²) in [5, 5.41) is 2.86. The summed E-state index contributed by atoms with van der Waals surface area (Å²) in [6.07, 6.45) is 2.78. The maximum absolute atomic E-state index is 12.1. The molecule has 1 fully saturated rings. The van der Waals surface area contributed by atoms with Crippen LogP contribution in [0.15, 0.2) is 0 Å². The molecule has 2 atom stereocenters. The minimum absolute atomic E-state index is 0.0361. The standard InChI is InChI=1S/C12H22BrNO3S/c1-9(2)10(6-7-13)14-12(15)11-5-3-4-8-18(11,16)17/h9-11H,3-8H2,1-2H3,(H,14,15). The van der Waals surface area contributed by atoms with E-state index in [1.54, 1.807) is 0 Å². The van der Waals surface area contributed by atoms with Crippen LogP contribution in [0, 0.1) is 5.92 Å². The first-order chi connectivity index (χ1) is 8.38. The molecule has 1 rings (SSSR count). The molecule has 0 aliphatic carbocycles. The van der Waals surface area contributed by atoms with E-state index in [0.29, 0.717) is 18.8 Å². The van der Waals surface area contributed by atoms with E-state index in [1.165, 1.54) is 0 Å². The van der Waals surface area contributed by atoms with Crippen LogP contribution in [0.3, 0.4) is 0 Å². The fraction of sp³-hybridized carbons (Fsp3) is 0.917. The number of halogens is 1. The lowest BCUT2D eigenvalue weighted by molar-refractivity contribution is -0.121. The second kappa shape index (κ2) is 6.89. The number of nitrogens with one attached hydrogen (secondary N) is 1. The molecule has 4 nitrogen and oxygen atoms in total. The van der Waals surface area contributed by atoms with Crippen LogP contribution in [0.25, 0.3) is 0 Å². The van der Waals surface area contributed by atoms with Gasteiger partial charge in [-0.1, -0.05) is 36.2 Å². The Labute approximate surface area is 118 Å². The molecule has 1 saturated heterocycles. The molecule has 18 heavy (non-hydrogen) atoms. The van der Waals surface area contributed by atoms with Gasteiger partial charge in [0, 0.05) is 11.4 Å². The molecule has 0 aromatic rings. The molecule has 0 spiro atoms. The van der Waals surface area contributed by atoms with Crippen molar-refractivity contribution in [3.05, 3.63) is 0 Å². The van der Waals surface area contributed by atoms with Crippen molar-refractivity contribution < 1.29 is 13.2 Å². The van der Waals surface area contributed by atoms with Gasteiger partial charge < -0.3 is 5.32 Å². The predicted molar refractivity (Wildman–Crippen MR) is 76.6 cm³/mol. The third-order valence-corrected chi connectivity index (χ3v) is 6.06. The SMILES string of the molecule is CC(C)C(CCBr)NC(=O)C1CCCCS1(=O)=O. The highest BCUT2D eigenvalue weighted by Gasteiger charge is 2.35. The van der Waals surface area contributed by atoms with Crippen molar-refractivity contribution in [3.8, 4) is 0 Å². The Hall–Kier alpha value is -0.100. The van der Waals surface area contributed by atoms with E-state index in [-0.39, 0.29) is 17.7 Å². The van der Waals surface area contributed by atoms with Crippen LogP contribution in [-0.2, 0) is 14.6 Å². The highest BCUT2D eigenvalue weighted by molar-refractivity contribution is 9.09. The smallest absolute Gasteiger partial charge is 0.238 e. The average molecular weight is 340 g/mol. The molecule has 0 aromatic carbocycles. The first-order valence-electron chi connectivity index (χ1n) is 6.46. The molecule has 106 valence electrons. The highest BCUT2D eigenvalue weighted by atomic mass is 79.9. The van der Waals surface area contributed by atoms with Crippen molar-refractivity contribution >= 4 is 31.7 Å². The van der Waals surface area contributed by atoms with Crippen molar-refractivity contribution in [2.75, 3.05) is 11.1 Å². The Morgan fingerprint density at radius 3 is 2.56 bits per heavy atom. The van der Waals surface area contributed by atoms with Gasteiger partial charge in [-0.05, 0) is 25.2 Å². The number of rotatable bonds is 5. The number of hydrogen-bond acceptors (Lipinski definition) is 3. The van der Waals surface area contributed by atoms with Gasteiger partial charge in [-0.3, -0.25) is 4.79 Å². The van der Waals surface area contributed by atoms with E-state index in [9.17, 15) is 13.2 Å². The summed E-state index contributed by atoms with van der Waals surface area (Å²) in [5.41, 5.74) is 0. The molecule has 1 heterocycles. The zero-order valence-corrected chi connectivity index (χ0v) is 13.4. The number of carbonyl (C=O) groups is 1. The minimum atomic E-state index is -3.23. The third kappa shape index (κ3) is 4.23. The Morgan fingerprint density at radius 1 is 1.39 bits per heavy atom. The molecule has 1 N–H and O–H groups in total. The summed E-state index contributed by atoms with van der Waals surface area (Å²) in [5.74, 6) is 0.141. The van der Waals surface area contributed by atoms with Gasteiger partial charge in [0.25, 0.3) is 0 Å². The quantitative estimate of drug-likeness (QED) is 0.778. The van der Waals surface area contributed by atoms with Gasteiger partial charge in [0.15, 0.2) is 9.84 Å². The van der Waals surface area contributed by atoms with Crippen molar-refractivity contribution in [2.45, 2.75) is 50.8 Å². The lowest BCUT2D eigenvalue weighted by Gasteiger charge is -2.26. The summed E-state index contributed by atoms with van der Waals surface area (Å²) in [4.78, 5) is 12.1. The molecular formula is C12H22BrNO3S. The van der Waals surface area contributed by atoms with Gasteiger partial charge >= 0.3 is 0 Å². The van der Waals surface area contributed by atoms with Gasteiger partial charge in [-0.15, -0.1) is 0 Å². The van der Waals surface area contributed by atoms with Crippen LogP contribution >= 0.6 is 15.9 Å². The average Bonchev–Trinajstić information content (AvgIpc) is 2.27. The third-order valence-electron chi connectivity index (χ3n) is 3.42. The zero-order chi connectivity index (χ0) is 13.8. The van der Waals surface area contributed by atoms with Crippen LogP contribution in [-0.4, -0.2) is 36.7 Å². The zero-order valence-electron chi connectivity index (χ0n) is 11.0. The molecule has 1 aliphatic heterocycles. The number of carbonyl (C=O) groups excluding carboxylic acids is 1. The fourth-order valence-corrected chi connectivity index (χ4v) is 4.52. The van der Waals surface area contributed by atoms with Crippen LogP contribution < -0.4 is 5.32 Å². The molecule has 0 bridgehead atoms. The number of amides is 1. The monoisotopic (exact) mass is 339 g/mol.